The molecule has 3 aromatic carbocycles. The van der Waals surface area contributed by atoms with Gasteiger partial charge in [0.15, 0.2) is 0 Å². The third-order valence-electron chi connectivity index (χ3n) is 6.91. The fourth-order valence-corrected chi connectivity index (χ4v) is 5.64. The van der Waals surface area contributed by atoms with Crippen LogP contribution in [0.3, 0.4) is 0 Å². The Kier molecular flexibility index (Phi) is 12.2. The highest BCUT2D eigenvalue weighted by molar-refractivity contribution is 7.92. The summed E-state index contributed by atoms with van der Waals surface area (Å²) in [5, 5.41) is 2.95. The van der Waals surface area contributed by atoms with Gasteiger partial charge in [0.05, 0.1) is 17.5 Å². The van der Waals surface area contributed by atoms with Crippen LogP contribution in [0, 0.1) is 0 Å². The maximum absolute atomic E-state index is 13.8. The van der Waals surface area contributed by atoms with Crippen LogP contribution in [0.25, 0.3) is 0 Å². The average Bonchev–Trinajstić information content (AvgIpc) is 2.97. The van der Waals surface area contributed by atoms with E-state index in [0.717, 1.165) is 52.7 Å². The van der Waals surface area contributed by atoms with Crippen molar-refractivity contribution in [3.63, 3.8) is 0 Å². The summed E-state index contributed by atoms with van der Waals surface area (Å²) in [7, 11) is -3.95. The van der Waals surface area contributed by atoms with Gasteiger partial charge in [-0.2, -0.15) is 13.2 Å². The molecule has 0 saturated heterocycles. The maximum Gasteiger partial charge on any atom is 0.416 e. The molecule has 7 nitrogen and oxygen atoms in total. The molecular weight excluding hydrogens is 579 g/mol. The molecule has 0 aromatic heterocycles. The van der Waals surface area contributed by atoms with Gasteiger partial charge in [-0.1, -0.05) is 80.1 Å². The monoisotopic (exact) mass is 617 g/mol. The molecule has 0 heterocycles. The summed E-state index contributed by atoms with van der Waals surface area (Å²) < 4.78 is 65.9. The van der Waals surface area contributed by atoms with Crippen molar-refractivity contribution in [1.29, 1.82) is 0 Å². The van der Waals surface area contributed by atoms with E-state index in [-0.39, 0.29) is 49.9 Å². The summed E-state index contributed by atoms with van der Waals surface area (Å²) >= 11 is 0. The second-order valence-electron chi connectivity index (χ2n) is 10.3. The largest absolute Gasteiger partial charge is 0.416 e. The van der Waals surface area contributed by atoms with Crippen LogP contribution in [-0.4, -0.2) is 50.5 Å². The second-order valence-corrected chi connectivity index (χ2v) is 12.3. The molecule has 1 atom stereocenters. The summed E-state index contributed by atoms with van der Waals surface area (Å²) in [6, 6.07) is 21.8. The lowest BCUT2D eigenvalue weighted by molar-refractivity contribution is -0.141. The third-order valence-corrected chi connectivity index (χ3v) is 8.10. The average molecular weight is 618 g/mol. The fourth-order valence-electron chi connectivity index (χ4n) is 4.68. The molecule has 3 aromatic rings. The van der Waals surface area contributed by atoms with Gasteiger partial charge in [0.25, 0.3) is 0 Å². The molecule has 2 amide bonds. The molecule has 232 valence electrons. The van der Waals surface area contributed by atoms with E-state index < -0.39 is 27.8 Å². The van der Waals surface area contributed by atoms with Crippen molar-refractivity contribution in [2.45, 2.75) is 57.8 Å². The van der Waals surface area contributed by atoms with Gasteiger partial charge in [-0.15, -0.1) is 0 Å². The van der Waals surface area contributed by atoms with Crippen LogP contribution in [0.15, 0.2) is 84.9 Å². The van der Waals surface area contributed by atoms with Crippen LogP contribution < -0.4 is 9.62 Å². The highest BCUT2D eigenvalue weighted by Gasteiger charge is 2.32. The van der Waals surface area contributed by atoms with Gasteiger partial charge in [-0.05, 0) is 42.2 Å². The number of anilines is 1. The first-order valence-corrected chi connectivity index (χ1v) is 16.0. The van der Waals surface area contributed by atoms with Crippen LogP contribution in [0.2, 0.25) is 0 Å². The quantitative estimate of drug-likeness (QED) is 0.218. The Bertz CT molecular complexity index is 1430. The number of hydrogen-bond donors (Lipinski definition) is 1. The van der Waals surface area contributed by atoms with E-state index in [9.17, 15) is 31.2 Å². The number of carbonyl (C=O) groups excluding carboxylic acids is 2. The Morgan fingerprint density at radius 2 is 1.51 bits per heavy atom. The standard InChI is InChI=1S/C32H38F3N3O4S/c1-3-4-20-36-31(40)29(22-25-13-7-5-8-14-25)37(24-26-15-9-6-10-16-26)30(39)19-12-21-38(43(2,41)42)28-18-11-17-27(23-28)32(33,34)35/h5-11,13-18,23,29H,3-4,12,19-22,24H2,1-2H3,(H,36,40)/t29-/m0/s1. The molecule has 0 spiro atoms. The zero-order chi connectivity index (χ0) is 31.5. The number of carbonyl (C=O) groups is 2. The highest BCUT2D eigenvalue weighted by atomic mass is 32.2. The minimum absolute atomic E-state index is 0.0307. The molecule has 0 aliphatic heterocycles. The number of amides is 2. The van der Waals surface area contributed by atoms with Gasteiger partial charge in [-0.25, -0.2) is 8.42 Å². The maximum atomic E-state index is 13.8. The number of unbranched alkanes of at least 4 members (excludes halogenated alkanes) is 1. The summed E-state index contributed by atoms with van der Waals surface area (Å²) in [5.74, 6) is -0.656. The van der Waals surface area contributed by atoms with E-state index in [1.165, 1.54) is 11.0 Å². The minimum Gasteiger partial charge on any atom is -0.354 e. The van der Waals surface area contributed by atoms with E-state index in [1.807, 2.05) is 67.6 Å². The van der Waals surface area contributed by atoms with Gasteiger partial charge in [0, 0.05) is 32.5 Å². The molecule has 3 rings (SSSR count). The van der Waals surface area contributed by atoms with Gasteiger partial charge < -0.3 is 10.2 Å². The van der Waals surface area contributed by atoms with Crippen molar-refractivity contribution in [3.8, 4) is 0 Å². The number of halogens is 3. The summed E-state index contributed by atoms with van der Waals surface area (Å²) in [4.78, 5) is 28.8. The topological polar surface area (TPSA) is 86.8 Å². The summed E-state index contributed by atoms with van der Waals surface area (Å²) in [6.07, 6.45) is -1.87. The van der Waals surface area contributed by atoms with Gasteiger partial charge in [0.1, 0.15) is 6.04 Å². The number of nitrogens with zero attached hydrogens (tertiary/aromatic N) is 2. The molecule has 0 radical (unpaired) electrons. The smallest absolute Gasteiger partial charge is 0.354 e. The van der Waals surface area contributed by atoms with Crippen LogP contribution in [-0.2, 0) is 38.8 Å². The number of sulfonamides is 1. The highest BCUT2D eigenvalue weighted by Crippen LogP contribution is 2.32. The lowest BCUT2D eigenvalue weighted by atomic mass is 10.0. The van der Waals surface area contributed by atoms with Crippen LogP contribution >= 0.6 is 0 Å². The molecule has 43 heavy (non-hydrogen) atoms. The Hall–Kier alpha value is -3.86. The van der Waals surface area contributed by atoms with Crippen molar-refractivity contribution < 1.29 is 31.2 Å². The lowest BCUT2D eigenvalue weighted by Crippen LogP contribution is -2.50. The fraction of sp³-hybridized carbons (Fsp3) is 0.375. The SMILES string of the molecule is CCCCNC(=O)[C@H](Cc1ccccc1)N(Cc1ccccc1)C(=O)CCCN(c1cccc(C(F)(F)F)c1)S(C)(=O)=O. The molecule has 11 heteroatoms. The molecule has 0 aliphatic carbocycles. The molecule has 1 N–H and O–H groups in total. The Morgan fingerprint density at radius 3 is 2.09 bits per heavy atom. The normalized spacial score (nSPS) is 12.4. The number of rotatable bonds is 15. The zero-order valence-corrected chi connectivity index (χ0v) is 25.2. The summed E-state index contributed by atoms with van der Waals surface area (Å²) in [5.41, 5.74) is 0.582. The minimum atomic E-state index is -4.64. The predicted molar refractivity (Wildman–Crippen MR) is 162 cm³/mol. The predicted octanol–water partition coefficient (Wildman–Crippen LogP) is 5.81. The molecule has 0 bridgehead atoms. The van der Waals surface area contributed by atoms with Crippen molar-refractivity contribution in [2.75, 3.05) is 23.7 Å². The Labute approximate surface area is 251 Å². The van der Waals surface area contributed by atoms with Crippen LogP contribution in [0.4, 0.5) is 18.9 Å². The van der Waals surface area contributed by atoms with Gasteiger partial charge in [-0.3, -0.25) is 13.9 Å². The number of nitrogens with one attached hydrogen (secondary N) is 1. The number of hydrogen-bond acceptors (Lipinski definition) is 4. The van der Waals surface area contributed by atoms with E-state index in [2.05, 4.69) is 5.32 Å². The molecule has 0 unspecified atom stereocenters. The number of benzene rings is 3. The molecule has 0 aliphatic rings. The Morgan fingerprint density at radius 1 is 0.884 bits per heavy atom. The van der Waals surface area contributed by atoms with Crippen molar-refractivity contribution in [3.05, 3.63) is 102 Å². The first kappa shape index (κ1) is 33.6. The zero-order valence-electron chi connectivity index (χ0n) is 24.4. The van der Waals surface area contributed by atoms with Crippen LogP contribution in [0.5, 0.6) is 0 Å². The van der Waals surface area contributed by atoms with Crippen molar-refractivity contribution in [2.24, 2.45) is 0 Å². The van der Waals surface area contributed by atoms with Gasteiger partial charge in [0.2, 0.25) is 21.8 Å². The lowest BCUT2D eigenvalue weighted by Gasteiger charge is -2.32. The Balaban J connectivity index is 1.86. The molecule has 0 saturated carbocycles. The van der Waals surface area contributed by atoms with E-state index >= 15 is 0 Å². The van der Waals surface area contributed by atoms with Gasteiger partial charge >= 0.3 is 6.18 Å². The van der Waals surface area contributed by atoms with Crippen molar-refractivity contribution >= 4 is 27.5 Å². The molecule has 0 fully saturated rings. The first-order valence-electron chi connectivity index (χ1n) is 14.2. The second kappa shape index (κ2) is 15.6. The van der Waals surface area contributed by atoms with Crippen LogP contribution in [0.1, 0.15) is 49.3 Å². The number of alkyl halides is 3. The third kappa shape index (κ3) is 10.4. The summed E-state index contributed by atoms with van der Waals surface area (Å²) in [6.45, 7) is 2.42. The first-order chi connectivity index (χ1) is 20.4. The van der Waals surface area contributed by atoms with E-state index in [0.29, 0.717) is 6.54 Å². The molecular formula is C32H38F3N3O4S. The van der Waals surface area contributed by atoms with E-state index in [4.69, 9.17) is 0 Å². The van der Waals surface area contributed by atoms with E-state index in [1.54, 1.807) is 0 Å². The van der Waals surface area contributed by atoms with Crippen molar-refractivity contribution in [1.82, 2.24) is 10.2 Å².